The average Bonchev–Trinajstić information content (AvgIpc) is 2.75. The molecule has 96 valence electrons. The van der Waals surface area contributed by atoms with Gasteiger partial charge in [-0.3, -0.25) is 5.10 Å². The van der Waals surface area contributed by atoms with Gasteiger partial charge < -0.3 is 10.1 Å². The topological polar surface area (TPSA) is 49.9 Å². The second-order valence-corrected chi connectivity index (χ2v) is 4.92. The van der Waals surface area contributed by atoms with Crippen LogP contribution >= 0.6 is 15.9 Å². The number of halogens is 1. The van der Waals surface area contributed by atoms with Gasteiger partial charge in [0.05, 0.1) is 6.20 Å². The monoisotopic (exact) mass is 309 g/mol. The molecule has 5 heteroatoms. The van der Waals surface area contributed by atoms with Crippen molar-refractivity contribution in [3.63, 3.8) is 0 Å². The number of aryl methyl sites for hydroxylation is 1. The van der Waals surface area contributed by atoms with Crippen molar-refractivity contribution in [2.24, 2.45) is 0 Å². The Labute approximate surface area is 115 Å². The van der Waals surface area contributed by atoms with Crippen LogP contribution in [0, 0.1) is 6.92 Å². The first kappa shape index (κ1) is 13.1. The van der Waals surface area contributed by atoms with E-state index in [9.17, 15) is 0 Å². The minimum atomic E-state index is 0.646. The lowest BCUT2D eigenvalue weighted by Crippen LogP contribution is -2.20. The van der Waals surface area contributed by atoms with Crippen LogP contribution in [-0.4, -0.2) is 23.3 Å². The fourth-order valence-corrected chi connectivity index (χ4v) is 1.95. The summed E-state index contributed by atoms with van der Waals surface area (Å²) in [5.74, 6) is 0.880. The van der Waals surface area contributed by atoms with Crippen molar-refractivity contribution in [3.05, 3.63) is 46.2 Å². The number of ether oxygens (including phenoxy) is 1. The predicted molar refractivity (Wildman–Crippen MR) is 74.7 cm³/mol. The van der Waals surface area contributed by atoms with Crippen molar-refractivity contribution < 1.29 is 4.74 Å². The smallest absolute Gasteiger partial charge is 0.120 e. The van der Waals surface area contributed by atoms with Crippen LogP contribution in [0.15, 0.2) is 34.9 Å². The lowest BCUT2D eigenvalue weighted by Gasteiger charge is -2.07. The highest BCUT2D eigenvalue weighted by molar-refractivity contribution is 9.10. The van der Waals surface area contributed by atoms with E-state index in [1.54, 1.807) is 0 Å². The van der Waals surface area contributed by atoms with Gasteiger partial charge >= 0.3 is 0 Å². The van der Waals surface area contributed by atoms with E-state index >= 15 is 0 Å². The molecule has 0 spiro atoms. The van der Waals surface area contributed by atoms with E-state index in [4.69, 9.17) is 4.74 Å². The van der Waals surface area contributed by atoms with E-state index in [0.29, 0.717) is 6.61 Å². The van der Waals surface area contributed by atoms with Gasteiger partial charge in [0, 0.05) is 28.8 Å². The Morgan fingerprint density at radius 1 is 1.44 bits per heavy atom. The van der Waals surface area contributed by atoms with Crippen molar-refractivity contribution >= 4 is 15.9 Å². The maximum absolute atomic E-state index is 5.62. The van der Waals surface area contributed by atoms with Crippen molar-refractivity contribution in [2.75, 3.05) is 13.2 Å². The Hall–Kier alpha value is -1.33. The zero-order valence-corrected chi connectivity index (χ0v) is 11.8. The van der Waals surface area contributed by atoms with Crippen LogP contribution in [0.5, 0.6) is 5.75 Å². The molecule has 0 bridgehead atoms. The molecule has 1 aromatic carbocycles. The van der Waals surface area contributed by atoms with Crippen molar-refractivity contribution in [1.29, 1.82) is 0 Å². The summed E-state index contributed by atoms with van der Waals surface area (Å²) in [7, 11) is 0. The largest absolute Gasteiger partial charge is 0.492 e. The summed E-state index contributed by atoms with van der Waals surface area (Å²) in [5.41, 5.74) is 2.30. The molecule has 0 fully saturated rings. The number of H-pyrrole nitrogens is 1. The highest BCUT2D eigenvalue weighted by Crippen LogP contribution is 2.17. The number of nitrogens with one attached hydrogen (secondary N) is 2. The summed E-state index contributed by atoms with van der Waals surface area (Å²) in [5, 5.41) is 10.2. The van der Waals surface area contributed by atoms with E-state index in [1.807, 2.05) is 37.4 Å². The molecule has 0 radical (unpaired) electrons. The van der Waals surface area contributed by atoms with Crippen LogP contribution in [0.3, 0.4) is 0 Å². The zero-order valence-electron chi connectivity index (χ0n) is 10.2. The first-order valence-electron chi connectivity index (χ1n) is 5.83. The van der Waals surface area contributed by atoms with Crippen LogP contribution in [0.1, 0.15) is 11.3 Å². The molecular formula is C13H16BrN3O. The summed E-state index contributed by atoms with van der Waals surface area (Å²) < 4.78 is 6.65. The molecule has 0 saturated carbocycles. The van der Waals surface area contributed by atoms with Gasteiger partial charge in [0.25, 0.3) is 0 Å². The zero-order chi connectivity index (χ0) is 12.8. The van der Waals surface area contributed by atoms with Gasteiger partial charge in [-0.1, -0.05) is 22.0 Å². The fraction of sp³-hybridized carbons (Fsp3) is 0.308. The third-order valence-electron chi connectivity index (χ3n) is 2.59. The van der Waals surface area contributed by atoms with Crippen LogP contribution in [-0.2, 0) is 6.54 Å². The normalized spacial score (nSPS) is 10.6. The Morgan fingerprint density at radius 2 is 2.33 bits per heavy atom. The molecule has 1 heterocycles. The van der Waals surface area contributed by atoms with Crippen molar-refractivity contribution in [2.45, 2.75) is 13.5 Å². The number of rotatable bonds is 6. The van der Waals surface area contributed by atoms with Crippen LogP contribution in [0.2, 0.25) is 0 Å². The lowest BCUT2D eigenvalue weighted by atomic mass is 10.3. The summed E-state index contributed by atoms with van der Waals surface area (Å²) in [6.07, 6.45) is 1.84. The van der Waals surface area contributed by atoms with Gasteiger partial charge in [-0.2, -0.15) is 5.10 Å². The second-order valence-electron chi connectivity index (χ2n) is 4.00. The van der Waals surface area contributed by atoms with Gasteiger partial charge in [0.15, 0.2) is 0 Å². The second kappa shape index (κ2) is 6.56. The molecule has 2 rings (SSSR count). The number of aromatic amines is 1. The molecule has 0 atom stereocenters. The Balaban J connectivity index is 1.66. The summed E-state index contributed by atoms with van der Waals surface area (Å²) in [6, 6.07) is 7.85. The molecule has 1 aromatic heterocycles. The van der Waals surface area contributed by atoms with Crippen molar-refractivity contribution in [3.8, 4) is 5.75 Å². The Kier molecular flexibility index (Phi) is 4.78. The van der Waals surface area contributed by atoms with Gasteiger partial charge in [0.1, 0.15) is 12.4 Å². The lowest BCUT2D eigenvalue weighted by molar-refractivity contribution is 0.313. The summed E-state index contributed by atoms with van der Waals surface area (Å²) >= 11 is 3.41. The first-order valence-corrected chi connectivity index (χ1v) is 6.63. The molecule has 0 aliphatic carbocycles. The molecule has 0 aliphatic heterocycles. The number of hydrogen-bond acceptors (Lipinski definition) is 3. The molecule has 2 N–H and O–H groups in total. The molecule has 2 aromatic rings. The minimum absolute atomic E-state index is 0.646. The highest BCUT2D eigenvalue weighted by atomic mass is 79.9. The van der Waals surface area contributed by atoms with E-state index in [0.717, 1.165) is 29.0 Å². The van der Waals surface area contributed by atoms with E-state index < -0.39 is 0 Å². The molecule has 0 amide bonds. The van der Waals surface area contributed by atoms with Gasteiger partial charge in [-0.15, -0.1) is 0 Å². The van der Waals surface area contributed by atoms with Crippen LogP contribution < -0.4 is 10.1 Å². The molecular weight excluding hydrogens is 294 g/mol. The standard InChI is InChI=1S/C13H16BrN3O/c1-10-11(9-16-17-10)8-15-5-6-18-13-4-2-3-12(14)7-13/h2-4,7,9,15H,5-6,8H2,1H3,(H,16,17). The third kappa shape index (κ3) is 3.85. The molecule has 4 nitrogen and oxygen atoms in total. The quantitative estimate of drug-likeness (QED) is 0.807. The Bertz CT molecular complexity index is 498. The van der Waals surface area contributed by atoms with Crippen LogP contribution in [0.25, 0.3) is 0 Å². The van der Waals surface area contributed by atoms with Crippen molar-refractivity contribution in [1.82, 2.24) is 15.5 Å². The molecule has 18 heavy (non-hydrogen) atoms. The maximum Gasteiger partial charge on any atom is 0.120 e. The van der Waals surface area contributed by atoms with Gasteiger partial charge in [0.2, 0.25) is 0 Å². The SMILES string of the molecule is Cc1[nH]ncc1CNCCOc1cccc(Br)c1. The molecule has 0 unspecified atom stereocenters. The number of aromatic nitrogens is 2. The molecule has 0 saturated heterocycles. The Morgan fingerprint density at radius 3 is 3.06 bits per heavy atom. The van der Waals surface area contributed by atoms with Gasteiger partial charge in [-0.25, -0.2) is 0 Å². The average molecular weight is 310 g/mol. The third-order valence-corrected chi connectivity index (χ3v) is 3.09. The van der Waals surface area contributed by atoms with E-state index in [1.165, 1.54) is 5.56 Å². The summed E-state index contributed by atoms with van der Waals surface area (Å²) in [4.78, 5) is 0. The first-order chi connectivity index (χ1) is 8.75. The summed E-state index contributed by atoms with van der Waals surface area (Å²) in [6.45, 7) is 4.27. The van der Waals surface area contributed by atoms with E-state index in [2.05, 4.69) is 31.4 Å². The maximum atomic E-state index is 5.62. The number of nitrogens with zero attached hydrogens (tertiary/aromatic N) is 1. The fourth-order valence-electron chi connectivity index (χ4n) is 1.57. The molecule has 0 aliphatic rings. The van der Waals surface area contributed by atoms with Gasteiger partial charge in [-0.05, 0) is 25.1 Å². The predicted octanol–water partition coefficient (Wildman–Crippen LogP) is 2.65. The number of benzene rings is 1. The number of hydrogen-bond donors (Lipinski definition) is 2. The highest BCUT2D eigenvalue weighted by Gasteiger charge is 1.99. The van der Waals surface area contributed by atoms with Crippen LogP contribution in [0.4, 0.5) is 0 Å². The van der Waals surface area contributed by atoms with E-state index in [-0.39, 0.29) is 0 Å². The minimum Gasteiger partial charge on any atom is -0.492 e.